The Hall–Kier alpha value is -1.72. The van der Waals surface area contributed by atoms with E-state index in [0.29, 0.717) is 25.7 Å². The zero-order valence-corrected chi connectivity index (χ0v) is 10.6. The van der Waals surface area contributed by atoms with Gasteiger partial charge in [-0.1, -0.05) is 6.42 Å². The summed E-state index contributed by atoms with van der Waals surface area (Å²) in [5, 5.41) is 9.39. The predicted octanol–water partition coefficient (Wildman–Crippen LogP) is 0.586. The third kappa shape index (κ3) is 2.05. The molecule has 2 heterocycles. The number of likely N-dealkylation sites (tertiary alicyclic amines) is 1. The minimum Gasteiger partial charge on any atom is -0.494 e. The van der Waals surface area contributed by atoms with Crippen molar-refractivity contribution < 1.29 is 24.2 Å². The van der Waals surface area contributed by atoms with Crippen molar-refractivity contribution in [3.8, 4) is 0 Å². The minimum absolute atomic E-state index is 0.0894. The first-order chi connectivity index (χ1) is 9.18. The number of aliphatic carboxylic acids is 1. The van der Waals surface area contributed by atoms with Gasteiger partial charge in [-0.05, 0) is 24.7 Å². The molecule has 1 saturated carbocycles. The number of carbonyl (C=O) groups is 2. The van der Waals surface area contributed by atoms with Gasteiger partial charge < -0.3 is 19.5 Å². The van der Waals surface area contributed by atoms with Gasteiger partial charge in [-0.3, -0.25) is 4.79 Å². The number of carboxylic acids is 1. The van der Waals surface area contributed by atoms with Gasteiger partial charge in [0.15, 0.2) is 0 Å². The van der Waals surface area contributed by atoms with E-state index in [0.717, 1.165) is 19.3 Å². The average molecular weight is 267 g/mol. The maximum absolute atomic E-state index is 12.3. The Balaban J connectivity index is 1.81. The first kappa shape index (κ1) is 12.3. The number of fused-ring (bicyclic) bond motifs is 1. The molecule has 6 nitrogen and oxygen atoms in total. The Bertz CT molecular complexity index is 433. The van der Waals surface area contributed by atoms with Crippen LogP contribution in [0.25, 0.3) is 0 Å². The summed E-state index contributed by atoms with van der Waals surface area (Å²) in [6.07, 6.45) is 4.25. The lowest BCUT2D eigenvalue weighted by atomic mass is 9.94. The summed E-state index contributed by atoms with van der Waals surface area (Å²) in [7, 11) is 0. The van der Waals surface area contributed by atoms with Crippen LogP contribution >= 0.6 is 0 Å². The average Bonchev–Trinajstić information content (AvgIpc) is 2.98. The molecule has 1 saturated heterocycles. The second kappa shape index (κ2) is 4.75. The number of nitrogens with zero attached hydrogens (tertiary/aromatic N) is 1. The number of ether oxygens (including phenoxy) is 2. The van der Waals surface area contributed by atoms with Gasteiger partial charge in [0.1, 0.15) is 25.5 Å². The van der Waals surface area contributed by atoms with Crippen molar-refractivity contribution in [1.82, 2.24) is 4.90 Å². The van der Waals surface area contributed by atoms with Crippen LogP contribution in [0.1, 0.15) is 19.3 Å². The van der Waals surface area contributed by atoms with Crippen LogP contribution < -0.4 is 0 Å². The zero-order valence-electron chi connectivity index (χ0n) is 10.6. The summed E-state index contributed by atoms with van der Waals surface area (Å²) in [5.41, 5.74) is 0. The van der Waals surface area contributed by atoms with Crippen LogP contribution in [-0.2, 0) is 19.1 Å². The molecule has 1 aliphatic carbocycles. The van der Waals surface area contributed by atoms with Crippen molar-refractivity contribution in [2.24, 2.45) is 11.8 Å². The largest absolute Gasteiger partial charge is 0.494 e. The first-order valence-corrected chi connectivity index (χ1v) is 6.67. The van der Waals surface area contributed by atoms with E-state index in [1.54, 1.807) is 0 Å². The molecule has 0 radical (unpaired) electrons. The second-order valence-corrected chi connectivity index (χ2v) is 5.30. The normalized spacial score (nSPS) is 33.2. The molecule has 1 amide bonds. The molecule has 0 spiro atoms. The molecule has 104 valence electrons. The summed E-state index contributed by atoms with van der Waals surface area (Å²) in [5.74, 6) is -0.749. The van der Waals surface area contributed by atoms with Gasteiger partial charge in [-0.2, -0.15) is 0 Å². The Labute approximate surface area is 111 Å². The van der Waals surface area contributed by atoms with E-state index in [9.17, 15) is 14.7 Å². The highest BCUT2D eigenvalue weighted by atomic mass is 16.6. The smallest absolute Gasteiger partial charge is 0.326 e. The van der Waals surface area contributed by atoms with Gasteiger partial charge in [0.05, 0.1) is 0 Å². The highest BCUT2D eigenvalue weighted by molar-refractivity contribution is 5.94. The quantitative estimate of drug-likeness (QED) is 0.792. The standard InChI is InChI=1S/C13H17NO5/c15-12(10-7-18-4-5-19-10)14-6-8-2-1-3-9(8)11(14)13(16)17/h7-9,11H,1-6H2,(H,16,17). The van der Waals surface area contributed by atoms with Gasteiger partial charge in [-0.15, -0.1) is 0 Å². The van der Waals surface area contributed by atoms with Crippen LogP contribution in [0.15, 0.2) is 12.0 Å². The van der Waals surface area contributed by atoms with Crippen molar-refractivity contribution in [2.45, 2.75) is 25.3 Å². The van der Waals surface area contributed by atoms with E-state index in [1.807, 2.05) is 0 Å². The van der Waals surface area contributed by atoms with Gasteiger partial charge in [0, 0.05) is 6.54 Å². The number of rotatable bonds is 2. The molecule has 6 heteroatoms. The molecule has 3 unspecified atom stereocenters. The number of carboxylic acid groups (broad SMARTS) is 1. The van der Waals surface area contributed by atoms with Gasteiger partial charge in [0.25, 0.3) is 5.91 Å². The second-order valence-electron chi connectivity index (χ2n) is 5.30. The SMILES string of the molecule is O=C(O)C1C2CCCC2CN1C(=O)C1=COCCO1. The van der Waals surface area contributed by atoms with Crippen LogP contribution in [0.2, 0.25) is 0 Å². The lowest BCUT2D eigenvalue weighted by Gasteiger charge is -2.26. The van der Waals surface area contributed by atoms with Crippen molar-refractivity contribution in [2.75, 3.05) is 19.8 Å². The van der Waals surface area contributed by atoms with E-state index in [-0.39, 0.29) is 17.6 Å². The first-order valence-electron chi connectivity index (χ1n) is 6.67. The predicted molar refractivity (Wildman–Crippen MR) is 64.0 cm³/mol. The van der Waals surface area contributed by atoms with E-state index in [1.165, 1.54) is 11.2 Å². The highest BCUT2D eigenvalue weighted by Crippen LogP contribution is 2.42. The molecular weight excluding hydrogens is 250 g/mol. The van der Waals surface area contributed by atoms with E-state index in [2.05, 4.69) is 0 Å². The van der Waals surface area contributed by atoms with Crippen LogP contribution in [0.5, 0.6) is 0 Å². The molecule has 19 heavy (non-hydrogen) atoms. The molecule has 0 aromatic heterocycles. The van der Waals surface area contributed by atoms with Crippen molar-refractivity contribution in [3.63, 3.8) is 0 Å². The number of hydrogen-bond donors (Lipinski definition) is 1. The lowest BCUT2D eigenvalue weighted by Crippen LogP contribution is -2.44. The molecule has 0 bridgehead atoms. The van der Waals surface area contributed by atoms with E-state index in [4.69, 9.17) is 9.47 Å². The third-order valence-corrected chi connectivity index (χ3v) is 4.26. The number of amides is 1. The van der Waals surface area contributed by atoms with E-state index >= 15 is 0 Å². The molecule has 3 aliphatic rings. The highest BCUT2D eigenvalue weighted by Gasteiger charge is 2.50. The fraction of sp³-hybridized carbons (Fsp3) is 0.692. The Morgan fingerprint density at radius 1 is 1.32 bits per heavy atom. The molecule has 2 fully saturated rings. The molecule has 1 N–H and O–H groups in total. The monoisotopic (exact) mass is 267 g/mol. The third-order valence-electron chi connectivity index (χ3n) is 4.26. The van der Waals surface area contributed by atoms with Gasteiger partial charge >= 0.3 is 5.97 Å². The van der Waals surface area contributed by atoms with Crippen LogP contribution in [-0.4, -0.2) is 47.7 Å². The van der Waals surface area contributed by atoms with Crippen molar-refractivity contribution in [3.05, 3.63) is 12.0 Å². The number of carbonyl (C=O) groups excluding carboxylic acids is 1. The summed E-state index contributed by atoms with van der Waals surface area (Å²) in [6.45, 7) is 1.27. The molecule has 2 aliphatic heterocycles. The maximum atomic E-state index is 12.3. The van der Waals surface area contributed by atoms with Gasteiger partial charge in [-0.25, -0.2) is 4.79 Å². The Morgan fingerprint density at radius 3 is 2.84 bits per heavy atom. The molecule has 3 atom stereocenters. The zero-order chi connectivity index (χ0) is 13.4. The molecular formula is C13H17NO5. The minimum atomic E-state index is -0.917. The fourth-order valence-corrected chi connectivity index (χ4v) is 3.45. The van der Waals surface area contributed by atoms with Crippen LogP contribution in [0, 0.1) is 11.8 Å². The molecule has 3 rings (SSSR count). The fourth-order valence-electron chi connectivity index (χ4n) is 3.45. The van der Waals surface area contributed by atoms with E-state index < -0.39 is 12.0 Å². The topological polar surface area (TPSA) is 76.1 Å². The Kier molecular flexibility index (Phi) is 3.08. The maximum Gasteiger partial charge on any atom is 0.326 e. The summed E-state index contributed by atoms with van der Waals surface area (Å²) in [4.78, 5) is 25.2. The van der Waals surface area contributed by atoms with Crippen LogP contribution in [0.4, 0.5) is 0 Å². The molecule has 0 aromatic carbocycles. The summed E-state index contributed by atoms with van der Waals surface area (Å²) >= 11 is 0. The lowest BCUT2D eigenvalue weighted by molar-refractivity contribution is -0.149. The van der Waals surface area contributed by atoms with Crippen molar-refractivity contribution in [1.29, 1.82) is 0 Å². The molecule has 0 aromatic rings. The number of hydrogen-bond acceptors (Lipinski definition) is 4. The summed E-state index contributed by atoms with van der Waals surface area (Å²) < 4.78 is 10.3. The van der Waals surface area contributed by atoms with Crippen LogP contribution in [0.3, 0.4) is 0 Å². The summed E-state index contributed by atoms with van der Waals surface area (Å²) in [6, 6.07) is -0.716. The van der Waals surface area contributed by atoms with Gasteiger partial charge in [0.2, 0.25) is 5.76 Å². The Morgan fingerprint density at radius 2 is 2.16 bits per heavy atom. The van der Waals surface area contributed by atoms with Crippen molar-refractivity contribution >= 4 is 11.9 Å².